The van der Waals surface area contributed by atoms with E-state index >= 15 is 0 Å². The van der Waals surface area contributed by atoms with E-state index in [1.807, 2.05) is 32.0 Å². The van der Waals surface area contributed by atoms with Gasteiger partial charge in [0.05, 0.1) is 19.8 Å². The molecule has 4 aromatic rings. The van der Waals surface area contributed by atoms with E-state index in [9.17, 15) is 4.79 Å². The number of fused-ring (bicyclic) bond motifs is 1. The summed E-state index contributed by atoms with van der Waals surface area (Å²) in [5.41, 5.74) is 4.15. The minimum Gasteiger partial charge on any atom is -0.497 e. The Morgan fingerprint density at radius 1 is 1.07 bits per heavy atom. The van der Waals surface area contributed by atoms with Crippen LogP contribution in [0.2, 0.25) is 0 Å². The number of nitrogens with zero attached hydrogens (tertiary/aromatic N) is 2. The maximum atomic E-state index is 12.0. The number of hydrogen-bond acceptors (Lipinski definition) is 7. The molecule has 2 heterocycles. The maximum absolute atomic E-state index is 12.0. The first-order valence-corrected chi connectivity index (χ1v) is 10.3. The standard InChI is InChI=1S/C22H21N3O4S/c1-12-7-17-14(9-20(26)29-19(17)8-13(12)2)11-30-22-23-21(24-25-22)16-6-5-15(27-3)10-18(16)28-4/h5-10H,11H2,1-4H3,(H,23,24,25). The Morgan fingerprint density at radius 3 is 2.63 bits per heavy atom. The molecule has 7 nitrogen and oxygen atoms in total. The van der Waals surface area contributed by atoms with Gasteiger partial charge in [0.2, 0.25) is 5.16 Å². The zero-order chi connectivity index (χ0) is 21.3. The third-order valence-electron chi connectivity index (χ3n) is 4.93. The van der Waals surface area contributed by atoms with Gasteiger partial charge in [0.15, 0.2) is 5.82 Å². The van der Waals surface area contributed by atoms with Crippen LogP contribution in [0.5, 0.6) is 11.5 Å². The molecule has 0 aliphatic carbocycles. The van der Waals surface area contributed by atoms with Crippen molar-refractivity contribution in [3.63, 3.8) is 0 Å². The van der Waals surface area contributed by atoms with Crippen LogP contribution < -0.4 is 15.1 Å². The summed E-state index contributed by atoms with van der Waals surface area (Å²) >= 11 is 1.44. The lowest BCUT2D eigenvalue weighted by Gasteiger charge is -2.08. The lowest BCUT2D eigenvalue weighted by molar-refractivity contribution is 0.395. The van der Waals surface area contributed by atoms with Crippen molar-refractivity contribution in [3.8, 4) is 22.9 Å². The quantitative estimate of drug-likeness (QED) is 0.361. The highest BCUT2D eigenvalue weighted by molar-refractivity contribution is 7.98. The second kappa shape index (κ2) is 8.23. The van der Waals surface area contributed by atoms with Crippen LogP contribution in [0.15, 0.2) is 50.8 Å². The summed E-state index contributed by atoms with van der Waals surface area (Å²) in [5, 5.41) is 8.76. The monoisotopic (exact) mass is 423 g/mol. The van der Waals surface area contributed by atoms with E-state index < -0.39 is 0 Å². The van der Waals surface area contributed by atoms with Gasteiger partial charge in [0.1, 0.15) is 17.1 Å². The van der Waals surface area contributed by atoms with Gasteiger partial charge in [-0.15, -0.1) is 5.10 Å². The van der Waals surface area contributed by atoms with Crippen molar-refractivity contribution >= 4 is 22.7 Å². The van der Waals surface area contributed by atoms with Gasteiger partial charge in [-0.1, -0.05) is 11.8 Å². The van der Waals surface area contributed by atoms with Gasteiger partial charge in [0.25, 0.3) is 0 Å². The minimum atomic E-state index is -0.361. The van der Waals surface area contributed by atoms with Crippen LogP contribution in [0.25, 0.3) is 22.4 Å². The number of ether oxygens (including phenoxy) is 2. The number of benzene rings is 2. The van der Waals surface area contributed by atoms with Crippen molar-refractivity contribution in [3.05, 3.63) is 63.5 Å². The van der Waals surface area contributed by atoms with E-state index in [0.29, 0.717) is 33.8 Å². The van der Waals surface area contributed by atoms with E-state index in [0.717, 1.165) is 27.6 Å². The molecule has 0 fully saturated rings. The zero-order valence-corrected chi connectivity index (χ0v) is 17.9. The maximum Gasteiger partial charge on any atom is 0.336 e. The molecule has 0 unspecified atom stereocenters. The van der Waals surface area contributed by atoms with Gasteiger partial charge in [-0.2, -0.15) is 0 Å². The molecule has 0 aliphatic rings. The molecule has 154 valence electrons. The molecule has 0 amide bonds. The lowest BCUT2D eigenvalue weighted by Crippen LogP contribution is -2.00. The fraction of sp³-hybridized carbons (Fsp3) is 0.227. The van der Waals surface area contributed by atoms with Crippen molar-refractivity contribution < 1.29 is 13.9 Å². The fourth-order valence-electron chi connectivity index (χ4n) is 3.17. The summed E-state index contributed by atoms with van der Waals surface area (Å²) in [7, 11) is 3.20. The van der Waals surface area contributed by atoms with Crippen LogP contribution in [0.4, 0.5) is 0 Å². The molecule has 0 atom stereocenters. The van der Waals surface area contributed by atoms with Crippen LogP contribution in [0, 0.1) is 13.8 Å². The summed E-state index contributed by atoms with van der Waals surface area (Å²) in [6, 6.07) is 11.0. The van der Waals surface area contributed by atoms with Crippen LogP contribution in [0.3, 0.4) is 0 Å². The van der Waals surface area contributed by atoms with Crippen LogP contribution in [-0.4, -0.2) is 29.4 Å². The number of thioether (sulfide) groups is 1. The molecule has 8 heteroatoms. The van der Waals surface area contributed by atoms with Crippen molar-refractivity contribution in [1.29, 1.82) is 0 Å². The van der Waals surface area contributed by atoms with E-state index in [2.05, 4.69) is 21.2 Å². The van der Waals surface area contributed by atoms with Gasteiger partial charge in [0, 0.05) is 23.3 Å². The van der Waals surface area contributed by atoms with Crippen LogP contribution >= 0.6 is 11.8 Å². The Morgan fingerprint density at radius 2 is 1.87 bits per heavy atom. The predicted octanol–water partition coefficient (Wildman–Crippen LogP) is 4.50. The molecule has 2 aromatic heterocycles. The first-order chi connectivity index (χ1) is 14.5. The van der Waals surface area contributed by atoms with Crippen molar-refractivity contribution in [1.82, 2.24) is 15.2 Å². The average Bonchev–Trinajstić information content (AvgIpc) is 3.21. The Kier molecular flexibility index (Phi) is 5.50. The number of methoxy groups -OCH3 is 2. The van der Waals surface area contributed by atoms with Crippen molar-refractivity contribution in [2.75, 3.05) is 14.2 Å². The molecule has 30 heavy (non-hydrogen) atoms. The topological polar surface area (TPSA) is 90.2 Å². The van der Waals surface area contributed by atoms with Gasteiger partial charge in [-0.25, -0.2) is 9.78 Å². The van der Waals surface area contributed by atoms with Gasteiger partial charge in [-0.3, -0.25) is 5.10 Å². The van der Waals surface area contributed by atoms with Gasteiger partial charge >= 0.3 is 5.63 Å². The predicted molar refractivity (Wildman–Crippen MR) is 116 cm³/mol. The Balaban J connectivity index is 1.60. The van der Waals surface area contributed by atoms with Crippen molar-refractivity contribution in [2.45, 2.75) is 24.8 Å². The van der Waals surface area contributed by atoms with Gasteiger partial charge < -0.3 is 13.9 Å². The molecule has 0 saturated heterocycles. The second-order valence-electron chi connectivity index (χ2n) is 6.84. The molecule has 0 radical (unpaired) electrons. The second-order valence-corrected chi connectivity index (χ2v) is 7.79. The smallest absolute Gasteiger partial charge is 0.336 e. The molecule has 1 N–H and O–H groups in total. The van der Waals surface area contributed by atoms with Crippen LogP contribution in [0.1, 0.15) is 16.7 Å². The number of aromatic amines is 1. The zero-order valence-electron chi connectivity index (χ0n) is 17.1. The molecular weight excluding hydrogens is 402 g/mol. The largest absolute Gasteiger partial charge is 0.497 e. The highest BCUT2D eigenvalue weighted by Gasteiger charge is 2.14. The number of aromatic nitrogens is 3. The third kappa shape index (κ3) is 3.91. The van der Waals surface area contributed by atoms with E-state index in [1.54, 1.807) is 20.3 Å². The summed E-state index contributed by atoms with van der Waals surface area (Å²) in [6.45, 7) is 4.04. The Bertz CT molecular complexity index is 1280. The average molecular weight is 423 g/mol. The highest BCUT2D eigenvalue weighted by atomic mass is 32.2. The number of nitrogens with one attached hydrogen (secondary N) is 1. The Hall–Kier alpha value is -3.26. The number of aryl methyl sites for hydroxylation is 2. The number of rotatable bonds is 6. The summed E-state index contributed by atoms with van der Waals surface area (Å²) < 4.78 is 16.1. The molecule has 4 rings (SSSR count). The lowest BCUT2D eigenvalue weighted by atomic mass is 10.0. The number of H-pyrrole nitrogens is 1. The highest BCUT2D eigenvalue weighted by Crippen LogP contribution is 2.33. The first-order valence-electron chi connectivity index (χ1n) is 9.30. The van der Waals surface area contributed by atoms with E-state index in [-0.39, 0.29) is 5.63 Å². The first kappa shape index (κ1) is 20.0. The summed E-state index contributed by atoms with van der Waals surface area (Å²) in [5.74, 6) is 2.48. The third-order valence-corrected chi connectivity index (χ3v) is 5.83. The van der Waals surface area contributed by atoms with Crippen molar-refractivity contribution in [2.24, 2.45) is 0 Å². The molecule has 2 aromatic carbocycles. The molecule has 0 saturated carbocycles. The molecule has 0 aliphatic heterocycles. The normalized spacial score (nSPS) is 11.1. The van der Waals surface area contributed by atoms with Gasteiger partial charge in [-0.05, 0) is 54.8 Å². The van der Waals surface area contributed by atoms with E-state index in [4.69, 9.17) is 13.9 Å². The van der Waals surface area contributed by atoms with E-state index in [1.165, 1.54) is 17.8 Å². The minimum absolute atomic E-state index is 0.361. The SMILES string of the molecule is COc1ccc(-c2nc(SCc3cc(=O)oc4cc(C)c(C)cc34)n[nH]2)c(OC)c1. The molecule has 0 bridgehead atoms. The summed E-state index contributed by atoms with van der Waals surface area (Å²) in [4.78, 5) is 16.6. The fourth-order valence-corrected chi connectivity index (χ4v) is 3.96. The van der Waals surface area contributed by atoms with Crippen LogP contribution in [-0.2, 0) is 5.75 Å². The molecular formula is C22H21N3O4S. The summed E-state index contributed by atoms with van der Waals surface area (Å²) in [6.07, 6.45) is 0. The Labute approximate surface area is 177 Å². The molecule has 0 spiro atoms. The number of hydrogen-bond donors (Lipinski definition) is 1.